The number of carbonyl (C=O) groups excluding carboxylic acids is 1. The number of rotatable bonds is 11. The van der Waals surface area contributed by atoms with Crippen LogP contribution in [-0.4, -0.2) is 36.8 Å². The van der Waals surface area contributed by atoms with Gasteiger partial charge < -0.3 is 28.7 Å². The first-order chi connectivity index (χ1) is 19.0. The molecule has 2 heterocycles. The van der Waals surface area contributed by atoms with E-state index in [1.807, 2.05) is 36.4 Å². The van der Waals surface area contributed by atoms with Crippen LogP contribution in [0.2, 0.25) is 0 Å². The molecule has 1 N–H and O–H groups in total. The summed E-state index contributed by atoms with van der Waals surface area (Å²) in [6, 6.07) is 17.5. The standard InChI is InChI=1S/C29H28FN3O6/c1-35-25-5-3-4-21(28(25)36-2)15-33(14-20-8-11-24-26(12-20)39-18-38-24)16-27-32-23(17-37-27)29(34)31-13-19-6-9-22(30)10-7-19/h3-12,17H,13-16,18H2,1-2H3,(H,31,34). The summed E-state index contributed by atoms with van der Waals surface area (Å²) in [4.78, 5) is 19.2. The summed E-state index contributed by atoms with van der Waals surface area (Å²) in [7, 11) is 3.20. The highest BCUT2D eigenvalue weighted by atomic mass is 19.1. The summed E-state index contributed by atoms with van der Waals surface area (Å²) < 4.78 is 40.9. The monoisotopic (exact) mass is 533 g/mol. The number of benzene rings is 3. The van der Waals surface area contributed by atoms with Gasteiger partial charge >= 0.3 is 0 Å². The van der Waals surface area contributed by atoms with Crippen molar-refractivity contribution in [1.82, 2.24) is 15.2 Å². The lowest BCUT2D eigenvalue weighted by Crippen LogP contribution is -2.24. The number of oxazole rings is 1. The van der Waals surface area contributed by atoms with Crippen LogP contribution in [0.1, 0.15) is 33.1 Å². The van der Waals surface area contributed by atoms with Gasteiger partial charge in [-0.15, -0.1) is 0 Å². The third kappa shape index (κ3) is 6.29. The second-order valence-corrected chi connectivity index (χ2v) is 8.92. The van der Waals surface area contributed by atoms with Gasteiger partial charge in [-0.2, -0.15) is 0 Å². The molecule has 10 heteroatoms. The van der Waals surface area contributed by atoms with E-state index >= 15 is 0 Å². The Hall–Kier alpha value is -4.57. The maximum atomic E-state index is 13.1. The molecule has 0 radical (unpaired) electrons. The lowest BCUT2D eigenvalue weighted by molar-refractivity contribution is 0.0945. The van der Waals surface area contributed by atoms with E-state index in [9.17, 15) is 9.18 Å². The minimum atomic E-state index is -0.383. The molecule has 9 nitrogen and oxygen atoms in total. The second kappa shape index (κ2) is 11.9. The Morgan fingerprint density at radius 1 is 0.974 bits per heavy atom. The molecule has 4 aromatic rings. The second-order valence-electron chi connectivity index (χ2n) is 8.92. The first-order valence-electron chi connectivity index (χ1n) is 12.3. The highest BCUT2D eigenvalue weighted by molar-refractivity contribution is 5.91. The van der Waals surface area contributed by atoms with Crippen LogP contribution >= 0.6 is 0 Å². The van der Waals surface area contributed by atoms with E-state index in [-0.39, 0.29) is 30.8 Å². The highest BCUT2D eigenvalue weighted by Crippen LogP contribution is 2.34. The third-order valence-electron chi connectivity index (χ3n) is 6.23. The van der Waals surface area contributed by atoms with Gasteiger partial charge in [-0.25, -0.2) is 9.37 Å². The molecule has 0 saturated carbocycles. The van der Waals surface area contributed by atoms with Crippen molar-refractivity contribution in [2.75, 3.05) is 21.0 Å². The van der Waals surface area contributed by atoms with Crippen molar-refractivity contribution in [3.05, 3.63) is 101 Å². The van der Waals surface area contributed by atoms with Crippen LogP contribution < -0.4 is 24.3 Å². The van der Waals surface area contributed by atoms with E-state index in [4.69, 9.17) is 23.4 Å². The Kier molecular flexibility index (Phi) is 7.93. The molecule has 1 aromatic heterocycles. The van der Waals surface area contributed by atoms with E-state index in [1.165, 1.54) is 18.4 Å². The summed E-state index contributed by atoms with van der Waals surface area (Å²) in [6.45, 7) is 1.79. The summed E-state index contributed by atoms with van der Waals surface area (Å²) >= 11 is 0. The van der Waals surface area contributed by atoms with E-state index in [2.05, 4.69) is 15.2 Å². The van der Waals surface area contributed by atoms with Gasteiger partial charge in [-0.05, 0) is 41.5 Å². The van der Waals surface area contributed by atoms with Gasteiger partial charge in [0.1, 0.15) is 12.1 Å². The largest absolute Gasteiger partial charge is 0.493 e. The van der Waals surface area contributed by atoms with Crippen molar-refractivity contribution in [3.8, 4) is 23.0 Å². The molecule has 1 amide bonds. The third-order valence-corrected chi connectivity index (χ3v) is 6.23. The topological polar surface area (TPSA) is 95.3 Å². The van der Waals surface area contributed by atoms with Crippen LogP contribution in [0, 0.1) is 5.82 Å². The van der Waals surface area contributed by atoms with Crippen LogP contribution in [0.25, 0.3) is 0 Å². The van der Waals surface area contributed by atoms with Crippen LogP contribution in [0.4, 0.5) is 4.39 Å². The fourth-order valence-corrected chi connectivity index (χ4v) is 4.34. The number of hydrogen-bond acceptors (Lipinski definition) is 8. The van der Waals surface area contributed by atoms with E-state index in [0.717, 1.165) is 16.7 Å². The van der Waals surface area contributed by atoms with Gasteiger partial charge in [0, 0.05) is 25.2 Å². The van der Waals surface area contributed by atoms with Gasteiger partial charge in [0.05, 0.1) is 20.8 Å². The van der Waals surface area contributed by atoms with E-state index in [1.54, 1.807) is 26.4 Å². The van der Waals surface area contributed by atoms with Gasteiger partial charge in [0.25, 0.3) is 5.91 Å². The molecule has 0 fully saturated rings. The number of methoxy groups -OCH3 is 2. The van der Waals surface area contributed by atoms with Crippen LogP contribution in [0.15, 0.2) is 71.3 Å². The minimum absolute atomic E-state index is 0.161. The number of ether oxygens (including phenoxy) is 4. The minimum Gasteiger partial charge on any atom is -0.493 e. The zero-order chi connectivity index (χ0) is 27.2. The smallest absolute Gasteiger partial charge is 0.273 e. The summed E-state index contributed by atoms with van der Waals surface area (Å²) in [5.41, 5.74) is 2.86. The van der Waals surface area contributed by atoms with E-state index < -0.39 is 0 Å². The molecule has 0 bridgehead atoms. The average Bonchev–Trinajstić information content (AvgIpc) is 3.62. The molecule has 0 unspecified atom stereocenters. The molecule has 39 heavy (non-hydrogen) atoms. The Labute approximate surface area is 225 Å². The molecule has 1 aliphatic heterocycles. The molecule has 0 saturated heterocycles. The Bertz CT molecular complexity index is 1440. The first kappa shape index (κ1) is 26.1. The Morgan fingerprint density at radius 2 is 1.77 bits per heavy atom. The van der Waals surface area contributed by atoms with Crippen molar-refractivity contribution < 1.29 is 32.5 Å². The van der Waals surface area contributed by atoms with Crippen molar-refractivity contribution in [1.29, 1.82) is 0 Å². The number of hydrogen-bond donors (Lipinski definition) is 1. The molecule has 0 aliphatic carbocycles. The number of carbonyl (C=O) groups is 1. The maximum absolute atomic E-state index is 13.1. The van der Waals surface area contributed by atoms with Crippen molar-refractivity contribution in [2.45, 2.75) is 26.2 Å². The predicted molar refractivity (Wildman–Crippen MR) is 139 cm³/mol. The lowest BCUT2D eigenvalue weighted by atomic mass is 10.1. The van der Waals surface area contributed by atoms with Crippen LogP contribution in [0.5, 0.6) is 23.0 Å². The fourth-order valence-electron chi connectivity index (χ4n) is 4.34. The number of halogens is 1. The van der Waals surface area contributed by atoms with Crippen LogP contribution in [0.3, 0.4) is 0 Å². The zero-order valence-corrected chi connectivity index (χ0v) is 21.6. The van der Waals surface area contributed by atoms with Gasteiger partial charge in [-0.1, -0.05) is 30.3 Å². The molecule has 3 aromatic carbocycles. The van der Waals surface area contributed by atoms with Gasteiger partial charge in [-0.3, -0.25) is 9.69 Å². The molecule has 0 spiro atoms. The quantitative estimate of drug-likeness (QED) is 0.297. The summed E-state index contributed by atoms with van der Waals surface area (Å²) in [5.74, 6) is 2.35. The molecule has 202 valence electrons. The molecule has 5 rings (SSSR count). The molecule has 0 atom stereocenters. The van der Waals surface area contributed by atoms with Crippen molar-refractivity contribution >= 4 is 5.91 Å². The van der Waals surface area contributed by atoms with Gasteiger partial charge in [0.15, 0.2) is 28.7 Å². The molecule has 1 aliphatic rings. The zero-order valence-electron chi connectivity index (χ0n) is 21.6. The maximum Gasteiger partial charge on any atom is 0.273 e. The number of nitrogens with one attached hydrogen (secondary N) is 1. The predicted octanol–water partition coefficient (Wildman–Crippen LogP) is 4.69. The van der Waals surface area contributed by atoms with Crippen molar-refractivity contribution in [2.24, 2.45) is 0 Å². The molecular weight excluding hydrogens is 505 g/mol. The first-order valence-corrected chi connectivity index (χ1v) is 12.3. The highest BCUT2D eigenvalue weighted by Gasteiger charge is 2.20. The SMILES string of the molecule is COc1cccc(CN(Cc2ccc3c(c2)OCO3)Cc2nc(C(=O)NCc3ccc(F)cc3)co2)c1OC. The number of amides is 1. The van der Waals surface area contributed by atoms with E-state index in [0.29, 0.717) is 48.5 Å². The van der Waals surface area contributed by atoms with Crippen LogP contribution in [-0.2, 0) is 26.2 Å². The lowest BCUT2D eigenvalue weighted by Gasteiger charge is -2.23. The number of nitrogens with zero attached hydrogens (tertiary/aromatic N) is 2. The number of aromatic nitrogens is 1. The Balaban J connectivity index is 1.32. The normalized spacial score (nSPS) is 12.0. The van der Waals surface area contributed by atoms with Crippen molar-refractivity contribution in [3.63, 3.8) is 0 Å². The fraction of sp³-hybridized carbons (Fsp3) is 0.241. The molecular formula is C29H28FN3O6. The Morgan fingerprint density at radius 3 is 2.56 bits per heavy atom. The number of fused-ring (bicyclic) bond motifs is 1. The number of para-hydroxylation sites is 1. The van der Waals surface area contributed by atoms with Gasteiger partial charge in [0.2, 0.25) is 12.7 Å². The summed E-state index contributed by atoms with van der Waals surface area (Å²) in [6.07, 6.45) is 1.33. The summed E-state index contributed by atoms with van der Waals surface area (Å²) in [5, 5.41) is 2.78. The average molecular weight is 534 g/mol.